The Labute approximate surface area is 149 Å². The molecule has 0 saturated carbocycles. The highest BCUT2D eigenvalue weighted by Crippen LogP contribution is 2.14. The van der Waals surface area contributed by atoms with Crippen molar-refractivity contribution in [2.45, 2.75) is 136 Å². The van der Waals surface area contributed by atoms with Gasteiger partial charge >= 0.3 is 0 Å². The molecule has 0 aliphatic carbocycles. The van der Waals surface area contributed by atoms with Crippen LogP contribution in [0.25, 0.3) is 0 Å². The van der Waals surface area contributed by atoms with Crippen molar-refractivity contribution in [1.82, 2.24) is 0 Å². The van der Waals surface area contributed by atoms with E-state index in [0.29, 0.717) is 0 Å². The van der Waals surface area contributed by atoms with Gasteiger partial charge in [0.25, 0.3) is 0 Å². The molecule has 0 N–H and O–H groups in total. The van der Waals surface area contributed by atoms with Crippen LogP contribution in [0.4, 0.5) is 0 Å². The minimum absolute atomic E-state index is 0.893. The van der Waals surface area contributed by atoms with Crippen LogP contribution in [0.1, 0.15) is 136 Å². The van der Waals surface area contributed by atoms with E-state index in [-0.39, 0.29) is 0 Å². The Bertz CT molecular complexity index is 194. The van der Waals surface area contributed by atoms with Gasteiger partial charge in [0.15, 0.2) is 0 Å². The minimum atomic E-state index is 0.893. The highest BCUT2D eigenvalue weighted by Gasteiger charge is 1.96. The smallest absolute Gasteiger partial charge is 0.0386 e. The zero-order valence-corrected chi connectivity index (χ0v) is 16.9. The Hall–Kier alpha value is 0. The fraction of sp³-hybridized carbons (Fsp3) is 0.957. The molecule has 0 heteroatoms. The summed E-state index contributed by atoms with van der Waals surface area (Å²) in [6, 6.07) is 0. The van der Waals surface area contributed by atoms with Crippen LogP contribution in [0.15, 0.2) is 0 Å². The molecule has 0 spiro atoms. The van der Waals surface area contributed by atoms with Crippen LogP contribution in [0.2, 0.25) is 0 Å². The van der Waals surface area contributed by atoms with Crippen LogP contribution < -0.4 is 0 Å². The third-order valence-corrected chi connectivity index (χ3v) is 4.95. The van der Waals surface area contributed by atoms with Gasteiger partial charge in [-0.05, 0) is 12.3 Å². The lowest BCUT2D eigenvalue weighted by atomic mass is 10.0. The summed E-state index contributed by atoms with van der Waals surface area (Å²) in [5, 5.41) is 0. The Balaban J connectivity index is 2.95. The number of hydrogen-bond donors (Lipinski definition) is 0. The molecule has 0 aliphatic heterocycles. The van der Waals surface area contributed by atoms with E-state index in [1.54, 1.807) is 0 Å². The molecule has 0 fully saturated rings. The summed E-state index contributed by atoms with van der Waals surface area (Å²) >= 11 is 0. The third-order valence-electron chi connectivity index (χ3n) is 4.95. The third kappa shape index (κ3) is 22.0. The van der Waals surface area contributed by atoms with Crippen molar-refractivity contribution in [2.75, 3.05) is 0 Å². The van der Waals surface area contributed by atoms with E-state index in [0.717, 1.165) is 5.92 Å². The highest BCUT2D eigenvalue weighted by molar-refractivity contribution is 4.64. The number of unbranched alkanes of at least 4 members (excludes halogenated alkanes) is 17. The van der Waals surface area contributed by atoms with Gasteiger partial charge in [0.2, 0.25) is 0 Å². The fourth-order valence-electron chi connectivity index (χ4n) is 3.29. The van der Waals surface area contributed by atoms with Crippen molar-refractivity contribution in [3.05, 3.63) is 6.42 Å². The molecular formula is C23H47. The van der Waals surface area contributed by atoms with Crippen molar-refractivity contribution >= 4 is 0 Å². The first kappa shape index (κ1) is 23.0. The molecule has 139 valence electrons. The molecule has 0 aromatic heterocycles. The van der Waals surface area contributed by atoms with Crippen molar-refractivity contribution in [2.24, 2.45) is 5.92 Å². The molecule has 0 bridgehead atoms. The van der Waals surface area contributed by atoms with Crippen LogP contribution in [-0.2, 0) is 0 Å². The van der Waals surface area contributed by atoms with E-state index in [2.05, 4.69) is 27.2 Å². The Morgan fingerprint density at radius 2 is 0.913 bits per heavy atom. The molecule has 0 aromatic carbocycles. The van der Waals surface area contributed by atoms with Crippen molar-refractivity contribution < 1.29 is 0 Å². The van der Waals surface area contributed by atoms with Crippen LogP contribution in [0.3, 0.4) is 0 Å². The van der Waals surface area contributed by atoms with E-state index in [1.807, 2.05) is 0 Å². The second-order valence-electron chi connectivity index (χ2n) is 8.00. The summed E-state index contributed by atoms with van der Waals surface area (Å²) in [7, 11) is 0. The average molecular weight is 324 g/mol. The lowest BCUT2D eigenvalue weighted by Crippen LogP contribution is -1.87. The van der Waals surface area contributed by atoms with Crippen LogP contribution in [0.5, 0.6) is 0 Å². The van der Waals surface area contributed by atoms with Gasteiger partial charge in [0.1, 0.15) is 0 Å². The summed E-state index contributed by atoms with van der Waals surface area (Å²) in [4.78, 5) is 0. The van der Waals surface area contributed by atoms with Crippen LogP contribution in [-0.4, -0.2) is 0 Å². The van der Waals surface area contributed by atoms with Gasteiger partial charge in [-0.25, -0.2) is 0 Å². The van der Waals surface area contributed by atoms with E-state index >= 15 is 0 Å². The average Bonchev–Trinajstić information content (AvgIpc) is 2.53. The van der Waals surface area contributed by atoms with Gasteiger partial charge in [0, 0.05) is 0 Å². The van der Waals surface area contributed by atoms with Gasteiger partial charge in [-0.15, -0.1) is 0 Å². The molecule has 0 saturated heterocycles. The van der Waals surface area contributed by atoms with Gasteiger partial charge < -0.3 is 0 Å². The maximum absolute atomic E-state index is 2.55. The standard InChI is InChI=1S/C23H47/c1-4-5-6-7-8-9-10-11-12-13-14-15-16-17-18-19-20-21-22-23(2)3/h15,23H,4-14,16-22H2,1-3H3. The van der Waals surface area contributed by atoms with E-state index in [9.17, 15) is 0 Å². The van der Waals surface area contributed by atoms with Gasteiger partial charge in [-0.3, -0.25) is 0 Å². The predicted molar refractivity (Wildman–Crippen MR) is 108 cm³/mol. The topological polar surface area (TPSA) is 0 Å². The SMILES string of the molecule is CCCCCCCCCCCC[CH]CCCCCCCC(C)C. The van der Waals surface area contributed by atoms with Crippen LogP contribution in [0, 0.1) is 12.3 Å². The van der Waals surface area contributed by atoms with Gasteiger partial charge in [0.05, 0.1) is 0 Å². The quantitative estimate of drug-likeness (QED) is 0.208. The zero-order chi connectivity index (χ0) is 17.0. The molecule has 0 aliphatic rings. The molecule has 0 atom stereocenters. The van der Waals surface area contributed by atoms with Crippen molar-refractivity contribution in [3.8, 4) is 0 Å². The predicted octanol–water partition coefficient (Wildman–Crippen LogP) is 8.89. The Morgan fingerprint density at radius 3 is 1.35 bits per heavy atom. The fourth-order valence-corrected chi connectivity index (χ4v) is 3.29. The number of hydrogen-bond acceptors (Lipinski definition) is 0. The molecule has 0 unspecified atom stereocenters. The molecule has 0 nitrogen and oxygen atoms in total. The summed E-state index contributed by atoms with van der Waals surface area (Å²) in [5.41, 5.74) is 0. The minimum Gasteiger partial charge on any atom is -0.0654 e. The monoisotopic (exact) mass is 323 g/mol. The normalized spacial score (nSPS) is 11.5. The van der Waals surface area contributed by atoms with E-state index < -0.39 is 0 Å². The molecule has 0 amide bonds. The molecule has 1 radical (unpaired) electrons. The summed E-state index contributed by atoms with van der Waals surface area (Å²) < 4.78 is 0. The maximum atomic E-state index is 2.55. The van der Waals surface area contributed by atoms with Gasteiger partial charge in [-0.1, -0.05) is 136 Å². The van der Waals surface area contributed by atoms with Crippen molar-refractivity contribution in [3.63, 3.8) is 0 Å². The summed E-state index contributed by atoms with van der Waals surface area (Å²) in [6.45, 7) is 6.97. The van der Waals surface area contributed by atoms with Gasteiger partial charge in [-0.2, -0.15) is 0 Å². The first-order valence-corrected chi connectivity index (χ1v) is 11.1. The second kappa shape index (κ2) is 20.0. The van der Waals surface area contributed by atoms with E-state index in [1.165, 1.54) is 116 Å². The Kier molecular flexibility index (Phi) is 20.0. The highest BCUT2D eigenvalue weighted by atomic mass is 14.0. The molecule has 0 heterocycles. The maximum Gasteiger partial charge on any atom is -0.0386 e. The molecule has 0 aromatic rings. The molecule has 23 heavy (non-hydrogen) atoms. The number of rotatable bonds is 19. The zero-order valence-electron chi connectivity index (χ0n) is 16.9. The van der Waals surface area contributed by atoms with Crippen molar-refractivity contribution in [1.29, 1.82) is 0 Å². The lowest BCUT2D eigenvalue weighted by Gasteiger charge is -2.05. The van der Waals surface area contributed by atoms with Crippen LogP contribution >= 0.6 is 0 Å². The lowest BCUT2D eigenvalue weighted by molar-refractivity contribution is 0.513. The molecular weight excluding hydrogens is 276 g/mol. The Morgan fingerprint density at radius 1 is 0.522 bits per heavy atom. The summed E-state index contributed by atoms with van der Waals surface area (Å²) in [6.07, 6.45) is 28.5. The second-order valence-corrected chi connectivity index (χ2v) is 8.00. The first-order chi connectivity index (χ1) is 11.3. The first-order valence-electron chi connectivity index (χ1n) is 11.1. The largest absolute Gasteiger partial charge is 0.0654 e. The summed E-state index contributed by atoms with van der Waals surface area (Å²) in [5.74, 6) is 0.893. The van der Waals surface area contributed by atoms with E-state index in [4.69, 9.17) is 0 Å². The molecule has 0 rings (SSSR count).